The van der Waals surface area contributed by atoms with Crippen LogP contribution in [0.3, 0.4) is 0 Å². The summed E-state index contributed by atoms with van der Waals surface area (Å²) in [6.45, 7) is 0. The summed E-state index contributed by atoms with van der Waals surface area (Å²) in [4.78, 5) is 35.8. The molecule has 29 heavy (non-hydrogen) atoms. The lowest BCUT2D eigenvalue weighted by Crippen LogP contribution is -2.15. The number of rotatable bonds is 4. The van der Waals surface area contributed by atoms with E-state index >= 15 is 0 Å². The minimum Gasteiger partial charge on any atom is -0.364 e. The van der Waals surface area contributed by atoms with Gasteiger partial charge in [-0.1, -0.05) is 12.1 Å². The summed E-state index contributed by atoms with van der Waals surface area (Å²) in [5, 5.41) is 9.90. The number of amides is 3. The molecule has 0 atom stereocenters. The summed E-state index contributed by atoms with van der Waals surface area (Å²) in [5.74, 6) is -0.912. The normalized spacial score (nSPS) is 13.2. The van der Waals surface area contributed by atoms with Crippen molar-refractivity contribution in [2.24, 2.45) is 5.73 Å². The van der Waals surface area contributed by atoms with E-state index in [1.165, 1.54) is 10.7 Å². The van der Waals surface area contributed by atoms with Gasteiger partial charge in [0.25, 0.3) is 11.8 Å². The predicted octanol–water partition coefficient (Wildman–Crippen LogP) is 2.50. The maximum atomic E-state index is 12.8. The summed E-state index contributed by atoms with van der Waals surface area (Å²) >= 11 is 0. The van der Waals surface area contributed by atoms with Gasteiger partial charge in [-0.2, -0.15) is 5.10 Å². The van der Waals surface area contributed by atoms with Gasteiger partial charge in [-0.3, -0.25) is 14.4 Å². The first kappa shape index (κ1) is 18.4. The van der Waals surface area contributed by atoms with Crippen LogP contribution in [0.25, 0.3) is 5.69 Å². The molecule has 8 heteroatoms. The highest BCUT2D eigenvalue weighted by Gasteiger charge is 2.16. The third-order valence-corrected chi connectivity index (χ3v) is 4.73. The van der Waals surface area contributed by atoms with Gasteiger partial charge >= 0.3 is 0 Å². The molecule has 3 aromatic rings. The van der Waals surface area contributed by atoms with E-state index in [4.69, 9.17) is 5.73 Å². The van der Waals surface area contributed by atoms with Crippen molar-refractivity contribution in [3.63, 3.8) is 0 Å². The van der Waals surface area contributed by atoms with Crippen molar-refractivity contribution in [3.8, 4) is 5.69 Å². The maximum Gasteiger partial charge on any atom is 0.269 e. The second-order valence-corrected chi connectivity index (χ2v) is 6.75. The number of hydrogen-bond donors (Lipinski definition) is 3. The highest BCUT2D eigenvalue weighted by molar-refractivity contribution is 6.06. The van der Waals surface area contributed by atoms with Crippen LogP contribution in [-0.2, 0) is 11.2 Å². The number of nitrogens with one attached hydrogen (secondary N) is 2. The highest BCUT2D eigenvalue weighted by Crippen LogP contribution is 2.25. The summed E-state index contributed by atoms with van der Waals surface area (Å²) < 4.78 is 1.49. The van der Waals surface area contributed by atoms with Crippen LogP contribution < -0.4 is 16.4 Å². The fourth-order valence-electron chi connectivity index (χ4n) is 3.28. The number of fused-ring (bicyclic) bond motifs is 1. The zero-order valence-corrected chi connectivity index (χ0v) is 15.5. The van der Waals surface area contributed by atoms with Crippen molar-refractivity contribution in [2.75, 3.05) is 10.6 Å². The Kier molecular flexibility index (Phi) is 4.82. The van der Waals surface area contributed by atoms with Gasteiger partial charge in [-0.15, -0.1) is 0 Å². The van der Waals surface area contributed by atoms with Gasteiger partial charge in [-0.25, -0.2) is 4.68 Å². The summed E-state index contributed by atoms with van der Waals surface area (Å²) in [7, 11) is 0. The monoisotopic (exact) mass is 389 g/mol. The minimum atomic E-state index is -0.623. The molecule has 0 radical (unpaired) electrons. The van der Waals surface area contributed by atoms with E-state index < -0.39 is 5.91 Å². The Balaban J connectivity index is 1.60. The number of benzene rings is 2. The first-order valence-electron chi connectivity index (χ1n) is 9.20. The molecule has 4 rings (SSSR count). The Labute approximate surface area is 166 Å². The smallest absolute Gasteiger partial charge is 0.269 e. The fourth-order valence-corrected chi connectivity index (χ4v) is 3.28. The van der Waals surface area contributed by atoms with Crippen LogP contribution in [0.1, 0.15) is 39.3 Å². The predicted molar refractivity (Wildman–Crippen MR) is 108 cm³/mol. The molecule has 8 nitrogen and oxygen atoms in total. The maximum absolute atomic E-state index is 12.8. The Morgan fingerprint density at radius 3 is 2.72 bits per heavy atom. The van der Waals surface area contributed by atoms with Crippen LogP contribution >= 0.6 is 0 Å². The molecule has 0 saturated carbocycles. The fraction of sp³-hybridized carbons (Fsp3) is 0.143. The minimum absolute atomic E-state index is 0.00979. The van der Waals surface area contributed by atoms with Crippen LogP contribution in [0.4, 0.5) is 11.4 Å². The number of nitrogens with two attached hydrogens (primary N) is 1. The van der Waals surface area contributed by atoms with Crippen LogP contribution in [0.2, 0.25) is 0 Å². The Morgan fingerprint density at radius 1 is 1.10 bits per heavy atom. The van der Waals surface area contributed by atoms with Gasteiger partial charge in [-0.05, 0) is 54.8 Å². The van der Waals surface area contributed by atoms with Crippen molar-refractivity contribution in [3.05, 3.63) is 71.5 Å². The van der Waals surface area contributed by atoms with Crippen molar-refractivity contribution in [1.29, 1.82) is 0 Å². The molecular weight excluding hydrogens is 370 g/mol. The van der Waals surface area contributed by atoms with Crippen LogP contribution in [-0.4, -0.2) is 27.5 Å². The van der Waals surface area contributed by atoms with Gasteiger partial charge in [0.05, 0.1) is 11.4 Å². The molecule has 3 amide bonds. The Morgan fingerprint density at radius 2 is 1.93 bits per heavy atom. The molecule has 1 aromatic heterocycles. The third kappa shape index (κ3) is 3.86. The number of carbonyl (C=O) groups excluding carboxylic acids is 3. The molecule has 0 bridgehead atoms. The molecule has 2 aromatic carbocycles. The van der Waals surface area contributed by atoms with E-state index in [0.29, 0.717) is 23.4 Å². The molecule has 0 fully saturated rings. The molecule has 0 spiro atoms. The summed E-state index contributed by atoms with van der Waals surface area (Å²) in [5.41, 5.74) is 8.73. The average Bonchev–Trinajstić information content (AvgIpc) is 3.12. The molecule has 0 aliphatic carbocycles. The van der Waals surface area contributed by atoms with Crippen molar-refractivity contribution in [1.82, 2.24) is 9.78 Å². The molecule has 1 aliphatic heterocycles. The van der Waals surface area contributed by atoms with Gasteiger partial charge in [0.15, 0.2) is 0 Å². The molecule has 2 heterocycles. The van der Waals surface area contributed by atoms with Gasteiger partial charge in [0.2, 0.25) is 5.91 Å². The van der Waals surface area contributed by atoms with E-state index in [1.807, 2.05) is 6.07 Å². The first-order valence-corrected chi connectivity index (χ1v) is 9.20. The number of anilines is 2. The van der Waals surface area contributed by atoms with Gasteiger partial charge in [0, 0.05) is 23.9 Å². The van der Waals surface area contributed by atoms with Crippen LogP contribution in [0.5, 0.6) is 0 Å². The second-order valence-electron chi connectivity index (χ2n) is 6.75. The van der Waals surface area contributed by atoms with Crippen molar-refractivity contribution < 1.29 is 14.4 Å². The lowest BCUT2D eigenvalue weighted by molar-refractivity contribution is -0.116. The Hall–Kier alpha value is -3.94. The van der Waals surface area contributed by atoms with Crippen LogP contribution in [0, 0.1) is 0 Å². The number of nitrogens with zero attached hydrogens (tertiary/aromatic N) is 2. The molecule has 0 unspecified atom stereocenters. The number of primary amides is 1. The largest absolute Gasteiger partial charge is 0.364 e. The first-order chi connectivity index (χ1) is 14.0. The quantitative estimate of drug-likeness (QED) is 0.635. The Bertz CT molecular complexity index is 1120. The topological polar surface area (TPSA) is 119 Å². The highest BCUT2D eigenvalue weighted by atomic mass is 16.2. The number of aryl methyl sites for hydroxylation is 1. The van der Waals surface area contributed by atoms with E-state index in [1.54, 1.807) is 42.6 Å². The standard InChI is InChI=1S/C21H19N5O3/c22-20(28)17-10-11-26(25-17)18-6-2-1-5-16(18)24-21(29)14-8-9-15-13(12-14)4-3-7-19(27)23-15/h1-2,5-6,8-12H,3-4,7H2,(H2,22,28)(H,23,27)(H,24,29). The summed E-state index contributed by atoms with van der Waals surface area (Å²) in [6, 6.07) is 13.9. The van der Waals surface area contributed by atoms with Gasteiger partial charge < -0.3 is 16.4 Å². The van der Waals surface area contributed by atoms with Gasteiger partial charge in [0.1, 0.15) is 5.69 Å². The molecule has 1 aliphatic rings. The SMILES string of the molecule is NC(=O)c1ccn(-c2ccccc2NC(=O)c2ccc3c(c2)CCCC(=O)N3)n1. The van der Waals surface area contributed by atoms with E-state index in [9.17, 15) is 14.4 Å². The zero-order valence-electron chi connectivity index (χ0n) is 15.5. The van der Waals surface area contributed by atoms with Crippen molar-refractivity contribution in [2.45, 2.75) is 19.3 Å². The van der Waals surface area contributed by atoms with E-state index in [0.717, 1.165) is 24.1 Å². The number of carbonyl (C=O) groups is 3. The lowest BCUT2D eigenvalue weighted by atomic mass is 10.0. The third-order valence-electron chi connectivity index (χ3n) is 4.73. The number of aromatic nitrogens is 2. The second kappa shape index (κ2) is 7.59. The molecular formula is C21H19N5O3. The molecule has 4 N–H and O–H groups in total. The van der Waals surface area contributed by atoms with Crippen LogP contribution in [0.15, 0.2) is 54.7 Å². The zero-order chi connectivity index (χ0) is 20.4. The molecule has 0 saturated heterocycles. The van der Waals surface area contributed by atoms with E-state index in [-0.39, 0.29) is 17.5 Å². The van der Waals surface area contributed by atoms with E-state index in [2.05, 4.69) is 15.7 Å². The molecule has 146 valence electrons. The number of hydrogen-bond acceptors (Lipinski definition) is 4. The lowest BCUT2D eigenvalue weighted by Gasteiger charge is -2.13. The average molecular weight is 389 g/mol. The number of para-hydroxylation sites is 2. The summed E-state index contributed by atoms with van der Waals surface area (Å²) in [6.07, 6.45) is 3.56. The van der Waals surface area contributed by atoms with Crippen molar-refractivity contribution >= 4 is 29.1 Å².